The highest BCUT2D eigenvalue weighted by atomic mass is 35.5. The van der Waals surface area contributed by atoms with Gasteiger partial charge in [0.1, 0.15) is 5.82 Å². The van der Waals surface area contributed by atoms with Crippen LogP contribution in [0.3, 0.4) is 0 Å². The summed E-state index contributed by atoms with van der Waals surface area (Å²) in [6, 6.07) is 20.5. The maximum atomic E-state index is 13.5. The number of rotatable bonds is 4. The van der Waals surface area contributed by atoms with Crippen molar-refractivity contribution in [3.63, 3.8) is 0 Å². The van der Waals surface area contributed by atoms with E-state index in [1.807, 2.05) is 36.4 Å². The molecular weight excluding hydrogens is 453 g/mol. The zero-order chi connectivity index (χ0) is 23.8. The van der Waals surface area contributed by atoms with Crippen LogP contribution in [0.1, 0.15) is 36.9 Å². The van der Waals surface area contributed by atoms with Crippen LogP contribution in [0.25, 0.3) is 22.0 Å². The molecule has 1 atom stereocenters. The number of carbonyl (C=O) groups excluding carboxylic acids is 1. The molecule has 1 aliphatic rings. The summed E-state index contributed by atoms with van der Waals surface area (Å²) in [4.78, 5) is 29.1. The molecule has 0 unspecified atom stereocenters. The van der Waals surface area contributed by atoms with E-state index in [4.69, 9.17) is 11.6 Å². The van der Waals surface area contributed by atoms with Crippen molar-refractivity contribution < 1.29 is 9.18 Å². The number of hydrogen-bond acceptors (Lipinski definition) is 3. The minimum absolute atomic E-state index is 0.172. The quantitative estimate of drug-likeness (QED) is 0.390. The van der Waals surface area contributed by atoms with E-state index in [9.17, 15) is 14.0 Å². The van der Waals surface area contributed by atoms with E-state index in [1.54, 1.807) is 31.2 Å². The van der Waals surface area contributed by atoms with E-state index >= 15 is 0 Å². The maximum Gasteiger partial charge on any atom is 0.258 e. The first-order chi connectivity index (χ1) is 16.5. The summed E-state index contributed by atoms with van der Waals surface area (Å²) < 4.78 is 13.5. The summed E-state index contributed by atoms with van der Waals surface area (Å²) >= 11 is 6.12. The maximum absolute atomic E-state index is 13.5. The molecule has 1 N–H and O–H groups in total. The Kier molecular flexibility index (Phi) is 5.75. The Hall–Kier alpha value is -3.77. The number of amides is 1. The zero-order valence-corrected chi connectivity index (χ0v) is 19.1. The van der Waals surface area contributed by atoms with Gasteiger partial charge >= 0.3 is 0 Å². The molecule has 7 heteroatoms. The van der Waals surface area contributed by atoms with Gasteiger partial charge in [-0.2, -0.15) is 5.10 Å². The van der Waals surface area contributed by atoms with Crippen molar-refractivity contribution in [2.75, 3.05) is 0 Å². The lowest BCUT2D eigenvalue weighted by Crippen LogP contribution is -2.26. The average molecular weight is 474 g/mol. The molecule has 4 aromatic rings. The molecule has 0 saturated carbocycles. The number of para-hydroxylation sites is 1. The smallest absolute Gasteiger partial charge is 0.258 e. The fraction of sp³-hybridized carbons (Fsp3) is 0.148. The van der Waals surface area contributed by atoms with Crippen LogP contribution in [0, 0.1) is 5.82 Å². The number of halogens is 2. The molecular formula is C27H21ClFN3O2. The number of carbonyl (C=O) groups is 1. The van der Waals surface area contributed by atoms with Crippen LogP contribution in [-0.4, -0.2) is 21.6 Å². The van der Waals surface area contributed by atoms with Crippen molar-refractivity contribution in [1.82, 2.24) is 9.99 Å². The molecule has 0 saturated heterocycles. The van der Waals surface area contributed by atoms with Crippen LogP contribution in [0.15, 0.2) is 82.7 Å². The van der Waals surface area contributed by atoms with Crippen LogP contribution in [-0.2, 0) is 4.79 Å². The number of pyridine rings is 1. The SMILES string of the molecule is CCC(=O)N1N=C(c2c(-c3ccc(Cl)cc3)c3ccccc3[nH]c2=O)C[C@H]1c1ccc(F)cc1. The second-order valence-corrected chi connectivity index (χ2v) is 8.60. The van der Waals surface area contributed by atoms with Gasteiger partial charge in [-0.25, -0.2) is 9.40 Å². The van der Waals surface area contributed by atoms with Crippen molar-refractivity contribution in [3.05, 3.63) is 105 Å². The molecule has 170 valence electrons. The first-order valence-corrected chi connectivity index (χ1v) is 11.4. The summed E-state index contributed by atoms with van der Waals surface area (Å²) in [5, 5.41) is 7.51. The standard InChI is InChI=1S/C27H21ClFN3O2/c1-2-24(33)32-23(16-9-13-19(29)14-10-16)15-22(31-32)26-25(17-7-11-18(28)12-8-17)20-5-3-4-6-21(20)30-27(26)34/h3-14,23H,2,15H2,1H3,(H,30,34)/t23-/m0/s1. The Morgan fingerprint density at radius 2 is 1.76 bits per heavy atom. The van der Waals surface area contributed by atoms with E-state index in [-0.39, 0.29) is 23.7 Å². The number of aromatic amines is 1. The Labute approximate surface area is 200 Å². The van der Waals surface area contributed by atoms with Crippen molar-refractivity contribution in [1.29, 1.82) is 0 Å². The van der Waals surface area contributed by atoms with Crippen molar-refractivity contribution in [3.8, 4) is 11.1 Å². The molecule has 5 rings (SSSR count). The lowest BCUT2D eigenvalue weighted by Gasteiger charge is -2.21. The minimum atomic E-state index is -0.424. The number of H-pyrrole nitrogens is 1. The number of aromatic nitrogens is 1. The van der Waals surface area contributed by atoms with Gasteiger partial charge in [-0.1, -0.05) is 61.0 Å². The molecule has 1 amide bonds. The molecule has 0 radical (unpaired) electrons. The van der Waals surface area contributed by atoms with Gasteiger partial charge in [0.05, 0.1) is 17.3 Å². The first-order valence-electron chi connectivity index (χ1n) is 11.0. The number of fused-ring (bicyclic) bond motifs is 1. The van der Waals surface area contributed by atoms with Gasteiger partial charge in [0.25, 0.3) is 5.56 Å². The first kappa shape index (κ1) is 22.0. The number of nitrogens with zero attached hydrogens (tertiary/aromatic N) is 2. The molecule has 0 aliphatic carbocycles. The van der Waals surface area contributed by atoms with Gasteiger partial charge in [-0.15, -0.1) is 0 Å². The molecule has 2 heterocycles. The predicted molar refractivity (Wildman–Crippen MR) is 132 cm³/mol. The second kappa shape index (κ2) is 8.88. The van der Waals surface area contributed by atoms with Gasteiger partial charge in [-0.05, 0) is 41.5 Å². The third-order valence-corrected chi connectivity index (χ3v) is 6.32. The highest BCUT2D eigenvalue weighted by Gasteiger charge is 2.34. The Morgan fingerprint density at radius 1 is 1.06 bits per heavy atom. The Balaban J connectivity index is 1.72. The van der Waals surface area contributed by atoms with Crippen LogP contribution in [0.5, 0.6) is 0 Å². The van der Waals surface area contributed by atoms with Crippen LogP contribution < -0.4 is 5.56 Å². The largest absolute Gasteiger partial charge is 0.321 e. The summed E-state index contributed by atoms with van der Waals surface area (Å²) in [5.74, 6) is -0.526. The zero-order valence-electron chi connectivity index (χ0n) is 18.4. The average Bonchev–Trinajstić information content (AvgIpc) is 3.28. The third kappa shape index (κ3) is 3.90. The van der Waals surface area contributed by atoms with Crippen LogP contribution >= 0.6 is 11.6 Å². The molecule has 0 bridgehead atoms. The Bertz CT molecular complexity index is 1480. The summed E-state index contributed by atoms with van der Waals surface area (Å²) in [7, 11) is 0. The molecule has 0 fully saturated rings. The van der Waals surface area contributed by atoms with E-state index in [2.05, 4.69) is 10.1 Å². The number of hydrazone groups is 1. The highest BCUT2D eigenvalue weighted by Crippen LogP contribution is 2.37. The predicted octanol–water partition coefficient (Wildman–Crippen LogP) is 6.08. The molecule has 34 heavy (non-hydrogen) atoms. The topological polar surface area (TPSA) is 65.5 Å². The fourth-order valence-electron chi connectivity index (χ4n) is 4.43. The van der Waals surface area contributed by atoms with E-state index in [0.717, 1.165) is 22.1 Å². The lowest BCUT2D eigenvalue weighted by molar-refractivity contribution is -0.132. The number of nitrogens with one attached hydrogen (secondary N) is 1. The van der Waals surface area contributed by atoms with Crippen molar-refractivity contribution >= 4 is 34.1 Å². The van der Waals surface area contributed by atoms with Crippen LogP contribution in [0.2, 0.25) is 5.02 Å². The Morgan fingerprint density at radius 3 is 2.47 bits per heavy atom. The van der Waals surface area contributed by atoms with Gasteiger partial charge in [0.15, 0.2) is 0 Å². The summed E-state index contributed by atoms with van der Waals surface area (Å²) in [6.45, 7) is 1.76. The van der Waals surface area contributed by atoms with E-state index < -0.39 is 6.04 Å². The fourth-order valence-corrected chi connectivity index (χ4v) is 4.56. The minimum Gasteiger partial charge on any atom is -0.321 e. The third-order valence-electron chi connectivity index (χ3n) is 6.07. The van der Waals surface area contributed by atoms with Crippen LogP contribution in [0.4, 0.5) is 4.39 Å². The summed E-state index contributed by atoms with van der Waals surface area (Å²) in [6.07, 6.45) is 0.589. The summed E-state index contributed by atoms with van der Waals surface area (Å²) in [5.41, 5.74) is 3.66. The molecule has 5 nitrogen and oxygen atoms in total. The molecule has 1 aliphatic heterocycles. The second-order valence-electron chi connectivity index (χ2n) is 8.17. The van der Waals surface area contributed by atoms with Gasteiger partial charge in [-0.3, -0.25) is 9.59 Å². The van der Waals surface area contributed by atoms with Crippen molar-refractivity contribution in [2.45, 2.75) is 25.8 Å². The van der Waals surface area contributed by atoms with Gasteiger partial charge < -0.3 is 4.98 Å². The van der Waals surface area contributed by atoms with E-state index in [0.29, 0.717) is 28.2 Å². The molecule has 0 spiro atoms. The van der Waals surface area contributed by atoms with Crippen molar-refractivity contribution in [2.24, 2.45) is 5.10 Å². The molecule has 1 aromatic heterocycles. The lowest BCUT2D eigenvalue weighted by atomic mass is 9.91. The van der Waals surface area contributed by atoms with E-state index in [1.165, 1.54) is 17.1 Å². The highest BCUT2D eigenvalue weighted by molar-refractivity contribution is 6.30. The van der Waals surface area contributed by atoms with Gasteiger partial charge in [0, 0.05) is 34.3 Å². The normalized spacial score (nSPS) is 15.6. The number of hydrogen-bond donors (Lipinski definition) is 1. The monoisotopic (exact) mass is 473 g/mol. The van der Waals surface area contributed by atoms with Gasteiger partial charge in [0.2, 0.25) is 5.91 Å². The molecule has 3 aromatic carbocycles. The number of benzene rings is 3.